The van der Waals surface area contributed by atoms with Crippen LogP contribution in [0, 0.1) is 12.7 Å². The zero-order valence-electron chi connectivity index (χ0n) is 19.0. The van der Waals surface area contributed by atoms with Crippen LogP contribution in [0.4, 0.5) is 4.39 Å². The molecule has 0 fully saturated rings. The first-order chi connectivity index (χ1) is 14.3. The van der Waals surface area contributed by atoms with E-state index in [1.165, 1.54) is 16.7 Å². The monoisotopic (exact) mass is 475 g/mol. The van der Waals surface area contributed by atoms with Crippen molar-refractivity contribution in [2.75, 3.05) is 0 Å². The first-order valence-electron chi connectivity index (χ1n) is 9.57. The maximum Gasteiger partial charge on any atom is 0.747 e. The summed E-state index contributed by atoms with van der Waals surface area (Å²) < 4.78 is 31.4. The van der Waals surface area contributed by atoms with Gasteiger partial charge in [-0.05, 0) is 49.1 Å². The predicted molar refractivity (Wildman–Crippen MR) is 125 cm³/mol. The van der Waals surface area contributed by atoms with Crippen LogP contribution in [-0.4, -0.2) is 73.6 Å². The Morgan fingerprint density at radius 1 is 1.16 bits per heavy atom. The SMILES string of the molecule is Cc1nc(-c2ccccc2O[P+](=O)O)n(CCc2cccc(F)c2)c(=O)c1C(C)C.[Na].[Na]. The summed E-state index contributed by atoms with van der Waals surface area (Å²) in [6, 6.07) is 12.9. The first kappa shape index (κ1) is 29.1. The molecule has 0 aliphatic carbocycles. The summed E-state index contributed by atoms with van der Waals surface area (Å²) in [4.78, 5) is 27.2. The van der Waals surface area contributed by atoms with Crippen LogP contribution in [0.25, 0.3) is 11.4 Å². The van der Waals surface area contributed by atoms with Gasteiger partial charge in [0.05, 0.1) is 5.56 Å². The van der Waals surface area contributed by atoms with Gasteiger partial charge < -0.3 is 0 Å². The molecule has 32 heavy (non-hydrogen) atoms. The molecule has 0 saturated carbocycles. The Morgan fingerprint density at radius 3 is 2.47 bits per heavy atom. The summed E-state index contributed by atoms with van der Waals surface area (Å²) in [5.74, 6) is 0.128. The molecule has 158 valence electrons. The quantitative estimate of drug-likeness (QED) is 0.413. The molecule has 3 aromatic rings. The van der Waals surface area contributed by atoms with E-state index in [4.69, 9.17) is 4.52 Å². The molecule has 1 atom stereocenters. The van der Waals surface area contributed by atoms with Crippen molar-refractivity contribution in [1.82, 2.24) is 9.55 Å². The second-order valence-corrected chi connectivity index (χ2v) is 7.91. The van der Waals surface area contributed by atoms with Gasteiger partial charge in [-0.25, -0.2) is 13.9 Å². The molecule has 0 spiro atoms. The van der Waals surface area contributed by atoms with Gasteiger partial charge in [0.25, 0.3) is 5.56 Å². The van der Waals surface area contributed by atoms with Gasteiger partial charge in [0.1, 0.15) is 11.6 Å². The van der Waals surface area contributed by atoms with Gasteiger partial charge in [0.15, 0.2) is 0 Å². The van der Waals surface area contributed by atoms with E-state index < -0.39 is 8.25 Å². The Bertz CT molecular complexity index is 1160. The van der Waals surface area contributed by atoms with Gasteiger partial charge in [-0.15, -0.1) is 4.89 Å². The van der Waals surface area contributed by atoms with E-state index in [9.17, 15) is 18.6 Å². The molecule has 0 aliphatic heterocycles. The number of hydrogen-bond acceptors (Lipinski definition) is 4. The third-order valence-electron chi connectivity index (χ3n) is 4.79. The zero-order chi connectivity index (χ0) is 21.8. The fourth-order valence-electron chi connectivity index (χ4n) is 3.50. The molecule has 2 radical (unpaired) electrons. The van der Waals surface area contributed by atoms with Crippen molar-refractivity contribution in [3.05, 3.63) is 81.5 Å². The van der Waals surface area contributed by atoms with E-state index in [-0.39, 0.29) is 88.7 Å². The molecule has 3 rings (SSSR count). The second kappa shape index (κ2) is 13.1. The van der Waals surface area contributed by atoms with Crippen LogP contribution in [0.1, 0.15) is 36.6 Å². The van der Waals surface area contributed by atoms with Gasteiger partial charge in [-0.3, -0.25) is 9.36 Å². The maximum atomic E-state index is 13.6. The minimum absolute atomic E-state index is 0. The molecule has 0 amide bonds. The topological polar surface area (TPSA) is 81.4 Å². The Morgan fingerprint density at radius 2 is 1.84 bits per heavy atom. The van der Waals surface area contributed by atoms with Crippen molar-refractivity contribution >= 4 is 67.4 Å². The van der Waals surface area contributed by atoms with Crippen molar-refractivity contribution in [2.24, 2.45) is 0 Å². The number of aryl methyl sites for hydroxylation is 2. The molecule has 1 heterocycles. The molecule has 1 aromatic heterocycles. The predicted octanol–water partition coefficient (Wildman–Crippen LogP) is 3.99. The standard InChI is InChI=1S/C22H22FN2O4P.2Na/c1-14(2)20-15(3)24-21(18-9-4-5-10-19(18)29-30(27)28)25(22(20)26)12-11-16-7-6-8-17(23)13-16;;/h4-10,13-14H,11-12H2,1-3H3;;/p+1. The van der Waals surface area contributed by atoms with Gasteiger partial charge in [-0.2, -0.15) is 0 Å². The van der Waals surface area contributed by atoms with Crippen LogP contribution in [0.5, 0.6) is 5.75 Å². The van der Waals surface area contributed by atoms with Crippen LogP contribution in [0.15, 0.2) is 53.3 Å². The second-order valence-electron chi connectivity index (χ2n) is 7.25. The van der Waals surface area contributed by atoms with E-state index in [1.807, 2.05) is 13.8 Å². The number of halogens is 1. The van der Waals surface area contributed by atoms with Gasteiger partial charge in [-0.1, -0.05) is 38.1 Å². The minimum atomic E-state index is -2.88. The Labute approximate surface area is 231 Å². The summed E-state index contributed by atoms with van der Waals surface area (Å²) in [6.07, 6.45) is 0.421. The first-order valence-corrected chi connectivity index (χ1v) is 10.7. The number of nitrogens with zero attached hydrogens (tertiary/aromatic N) is 2. The molecule has 1 N–H and O–H groups in total. The maximum absolute atomic E-state index is 13.6. The van der Waals surface area contributed by atoms with Gasteiger partial charge >= 0.3 is 8.25 Å². The van der Waals surface area contributed by atoms with Crippen molar-refractivity contribution in [3.63, 3.8) is 0 Å². The summed E-state index contributed by atoms with van der Waals surface area (Å²) in [6.45, 7) is 5.89. The zero-order valence-corrected chi connectivity index (χ0v) is 23.9. The molecule has 0 aliphatic rings. The van der Waals surface area contributed by atoms with Crippen LogP contribution >= 0.6 is 8.25 Å². The van der Waals surface area contributed by atoms with Gasteiger partial charge in [0.2, 0.25) is 5.75 Å². The fourth-order valence-corrected chi connectivity index (χ4v) is 3.83. The number of rotatable bonds is 7. The van der Waals surface area contributed by atoms with E-state index in [0.717, 1.165) is 5.56 Å². The van der Waals surface area contributed by atoms with E-state index in [0.29, 0.717) is 29.1 Å². The summed E-state index contributed by atoms with van der Waals surface area (Å²) >= 11 is 0. The largest absolute Gasteiger partial charge is 0.747 e. The molecular weight excluding hydrogens is 452 g/mol. The Kier molecular flexibility index (Phi) is 11.9. The van der Waals surface area contributed by atoms with Crippen LogP contribution in [0.3, 0.4) is 0 Å². The molecular formula is C22H23FN2Na2O4P+. The smallest absolute Gasteiger partial charge is 0.292 e. The average Bonchev–Trinajstić information content (AvgIpc) is 2.66. The van der Waals surface area contributed by atoms with Crippen molar-refractivity contribution in [1.29, 1.82) is 0 Å². The molecule has 0 bridgehead atoms. The summed E-state index contributed by atoms with van der Waals surface area (Å²) in [7, 11) is -2.88. The molecule has 0 saturated heterocycles. The number of hydrogen-bond donors (Lipinski definition) is 1. The number of aromatic nitrogens is 2. The third kappa shape index (κ3) is 7.05. The van der Waals surface area contributed by atoms with Crippen LogP contribution in [0.2, 0.25) is 0 Å². The normalized spacial score (nSPS) is 10.9. The molecule has 6 nitrogen and oxygen atoms in total. The van der Waals surface area contributed by atoms with Crippen LogP contribution in [-0.2, 0) is 17.5 Å². The molecule has 2 aromatic carbocycles. The summed E-state index contributed by atoms with van der Waals surface area (Å²) in [5, 5.41) is 0. The fraction of sp³-hybridized carbons (Fsp3) is 0.273. The van der Waals surface area contributed by atoms with Gasteiger partial charge in [0, 0.05) is 81.5 Å². The summed E-state index contributed by atoms with van der Waals surface area (Å²) in [5.41, 5.74) is 2.19. The number of para-hydroxylation sites is 1. The van der Waals surface area contributed by atoms with E-state index >= 15 is 0 Å². The Balaban J connectivity index is 0.00000256. The Hall–Kier alpha value is -0.890. The van der Waals surface area contributed by atoms with Crippen molar-refractivity contribution < 1.29 is 18.4 Å². The van der Waals surface area contributed by atoms with Crippen LogP contribution < -0.4 is 10.1 Å². The average molecular weight is 475 g/mol. The third-order valence-corrected chi connectivity index (χ3v) is 5.14. The van der Waals surface area contributed by atoms with E-state index in [2.05, 4.69) is 4.98 Å². The number of benzene rings is 2. The van der Waals surface area contributed by atoms with Crippen molar-refractivity contribution in [3.8, 4) is 17.1 Å². The van der Waals surface area contributed by atoms with Crippen molar-refractivity contribution in [2.45, 2.75) is 39.7 Å². The molecule has 1 unspecified atom stereocenters. The minimum Gasteiger partial charge on any atom is -0.292 e. The van der Waals surface area contributed by atoms with E-state index in [1.54, 1.807) is 43.3 Å². The molecule has 10 heteroatoms.